The monoisotopic (exact) mass is 263 g/mol. The van der Waals surface area contributed by atoms with E-state index in [0.29, 0.717) is 0 Å². The van der Waals surface area contributed by atoms with Gasteiger partial charge < -0.3 is 5.32 Å². The third kappa shape index (κ3) is 1.78. The molecule has 1 aromatic heterocycles. The molecule has 0 fully saturated rings. The molecule has 0 saturated heterocycles. The fraction of sp³-hybridized carbons (Fsp3) is 0.235. The van der Waals surface area contributed by atoms with E-state index in [0.717, 1.165) is 17.8 Å². The van der Waals surface area contributed by atoms with E-state index in [1.54, 1.807) is 0 Å². The van der Waals surface area contributed by atoms with Gasteiger partial charge in [-0.25, -0.2) is 0 Å². The summed E-state index contributed by atoms with van der Waals surface area (Å²) in [5.74, 6) is 0. The zero-order valence-electron chi connectivity index (χ0n) is 11.5. The Labute approximate surface area is 118 Å². The van der Waals surface area contributed by atoms with Gasteiger partial charge >= 0.3 is 0 Å². The third-order valence-electron chi connectivity index (χ3n) is 4.04. The average molecular weight is 263 g/mol. The number of nitrogens with one attached hydrogen (secondary N) is 2. The van der Waals surface area contributed by atoms with Crippen molar-refractivity contribution in [1.82, 2.24) is 10.2 Å². The predicted molar refractivity (Wildman–Crippen MR) is 83.1 cm³/mol. The number of aromatic amines is 1. The van der Waals surface area contributed by atoms with E-state index < -0.39 is 0 Å². The Balaban J connectivity index is 1.86. The van der Waals surface area contributed by atoms with E-state index >= 15 is 0 Å². The highest BCUT2D eigenvalue weighted by atomic mass is 15.1. The van der Waals surface area contributed by atoms with Crippen molar-refractivity contribution < 1.29 is 0 Å². The van der Waals surface area contributed by atoms with Gasteiger partial charge in [-0.1, -0.05) is 24.3 Å². The molecule has 4 rings (SSSR count). The SMILES string of the molecule is Cc1ccc2c(-c3ccc4c(c3)NCCC4)n[nH]c2c1. The first kappa shape index (κ1) is 11.5. The minimum Gasteiger partial charge on any atom is -0.385 e. The van der Waals surface area contributed by atoms with Crippen molar-refractivity contribution in [3.63, 3.8) is 0 Å². The molecule has 2 N–H and O–H groups in total. The van der Waals surface area contributed by atoms with E-state index in [4.69, 9.17) is 0 Å². The maximum absolute atomic E-state index is 4.50. The second-order valence-electron chi connectivity index (χ2n) is 5.52. The zero-order chi connectivity index (χ0) is 13.5. The lowest BCUT2D eigenvalue weighted by molar-refractivity contribution is 0.830. The van der Waals surface area contributed by atoms with Crippen LogP contribution in [0.25, 0.3) is 22.2 Å². The Morgan fingerprint density at radius 1 is 1.10 bits per heavy atom. The standard InChI is InChI=1S/C17H17N3/c1-11-4-7-14-16(9-11)19-20-17(14)13-6-5-12-3-2-8-18-15(12)10-13/h4-7,9-10,18H,2-3,8H2,1H3,(H,19,20). The highest BCUT2D eigenvalue weighted by Gasteiger charge is 2.12. The van der Waals surface area contributed by atoms with Crippen molar-refractivity contribution in [3.05, 3.63) is 47.5 Å². The lowest BCUT2D eigenvalue weighted by atomic mass is 9.99. The number of benzene rings is 2. The van der Waals surface area contributed by atoms with Gasteiger partial charge in [0, 0.05) is 23.2 Å². The van der Waals surface area contributed by atoms with Gasteiger partial charge in [-0.3, -0.25) is 5.10 Å². The van der Waals surface area contributed by atoms with Crippen LogP contribution in [0.2, 0.25) is 0 Å². The Bertz CT molecular complexity index is 786. The fourth-order valence-corrected chi connectivity index (χ4v) is 2.96. The summed E-state index contributed by atoms with van der Waals surface area (Å²) < 4.78 is 0. The van der Waals surface area contributed by atoms with Crippen molar-refractivity contribution >= 4 is 16.6 Å². The van der Waals surface area contributed by atoms with Crippen LogP contribution in [0, 0.1) is 6.92 Å². The van der Waals surface area contributed by atoms with Gasteiger partial charge in [0.05, 0.1) is 11.2 Å². The molecule has 3 heteroatoms. The van der Waals surface area contributed by atoms with Crippen LogP contribution < -0.4 is 5.32 Å². The van der Waals surface area contributed by atoms with Crippen molar-refractivity contribution in [2.45, 2.75) is 19.8 Å². The number of hydrogen-bond donors (Lipinski definition) is 2. The van der Waals surface area contributed by atoms with Crippen molar-refractivity contribution in [1.29, 1.82) is 0 Å². The first-order valence-corrected chi connectivity index (χ1v) is 7.13. The van der Waals surface area contributed by atoms with Crippen LogP contribution in [0.5, 0.6) is 0 Å². The lowest BCUT2D eigenvalue weighted by Crippen LogP contribution is -2.11. The molecule has 100 valence electrons. The van der Waals surface area contributed by atoms with Gasteiger partial charge in [-0.2, -0.15) is 5.10 Å². The van der Waals surface area contributed by atoms with Crippen LogP contribution in [0.1, 0.15) is 17.5 Å². The number of H-pyrrole nitrogens is 1. The van der Waals surface area contributed by atoms with E-state index in [2.05, 4.69) is 58.8 Å². The number of hydrogen-bond acceptors (Lipinski definition) is 2. The fourth-order valence-electron chi connectivity index (χ4n) is 2.96. The topological polar surface area (TPSA) is 40.7 Å². The molecule has 0 bridgehead atoms. The Morgan fingerprint density at radius 3 is 3.00 bits per heavy atom. The molecule has 0 spiro atoms. The predicted octanol–water partition coefficient (Wildman–Crippen LogP) is 3.90. The first-order valence-electron chi connectivity index (χ1n) is 7.13. The minimum absolute atomic E-state index is 1.04. The van der Waals surface area contributed by atoms with Gasteiger partial charge in [0.2, 0.25) is 0 Å². The molecule has 3 aromatic rings. The summed E-state index contributed by atoms with van der Waals surface area (Å²) in [6.07, 6.45) is 2.39. The highest BCUT2D eigenvalue weighted by molar-refractivity contribution is 5.93. The Morgan fingerprint density at radius 2 is 2.05 bits per heavy atom. The van der Waals surface area contributed by atoms with E-state index in [1.165, 1.54) is 40.6 Å². The Hall–Kier alpha value is -2.29. The van der Waals surface area contributed by atoms with Gasteiger partial charge in [0.15, 0.2) is 0 Å². The van der Waals surface area contributed by atoms with Gasteiger partial charge in [0.1, 0.15) is 0 Å². The molecule has 0 aliphatic carbocycles. The second-order valence-corrected chi connectivity index (χ2v) is 5.52. The summed E-state index contributed by atoms with van der Waals surface area (Å²) in [4.78, 5) is 0. The van der Waals surface area contributed by atoms with Crippen LogP contribution in [-0.2, 0) is 6.42 Å². The molecular weight excluding hydrogens is 246 g/mol. The average Bonchev–Trinajstić information content (AvgIpc) is 2.89. The van der Waals surface area contributed by atoms with Crippen LogP contribution in [-0.4, -0.2) is 16.7 Å². The molecular formula is C17H17N3. The maximum atomic E-state index is 4.50. The molecule has 0 atom stereocenters. The second kappa shape index (κ2) is 4.37. The number of anilines is 1. The highest BCUT2D eigenvalue weighted by Crippen LogP contribution is 2.31. The van der Waals surface area contributed by atoms with Gasteiger partial charge in [0.25, 0.3) is 0 Å². The maximum Gasteiger partial charge on any atom is 0.1000 e. The molecule has 0 saturated carbocycles. The third-order valence-corrected chi connectivity index (χ3v) is 4.04. The summed E-state index contributed by atoms with van der Waals surface area (Å²) in [5, 5.41) is 12.3. The molecule has 0 amide bonds. The molecule has 2 aromatic carbocycles. The van der Waals surface area contributed by atoms with E-state index in [9.17, 15) is 0 Å². The molecule has 1 aliphatic rings. The van der Waals surface area contributed by atoms with Crippen LogP contribution >= 0.6 is 0 Å². The summed E-state index contributed by atoms with van der Waals surface area (Å²) in [6, 6.07) is 13.1. The lowest BCUT2D eigenvalue weighted by Gasteiger charge is -2.18. The number of nitrogens with zero attached hydrogens (tertiary/aromatic N) is 1. The smallest absolute Gasteiger partial charge is 0.1000 e. The molecule has 2 heterocycles. The number of rotatable bonds is 1. The number of fused-ring (bicyclic) bond motifs is 2. The van der Waals surface area contributed by atoms with Crippen LogP contribution in [0.4, 0.5) is 5.69 Å². The minimum atomic E-state index is 1.04. The number of aromatic nitrogens is 2. The summed E-state index contributed by atoms with van der Waals surface area (Å²) >= 11 is 0. The number of aryl methyl sites for hydroxylation is 2. The van der Waals surface area contributed by atoms with E-state index in [-0.39, 0.29) is 0 Å². The first-order chi connectivity index (χ1) is 9.81. The molecule has 3 nitrogen and oxygen atoms in total. The van der Waals surface area contributed by atoms with Crippen molar-refractivity contribution in [2.24, 2.45) is 0 Å². The van der Waals surface area contributed by atoms with Crippen LogP contribution in [0.3, 0.4) is 0 Å². The molecule has 1 aliphatic heterocycles. The summed E-state index contributed by atoms with van der Waals surface area (Å²) in [5.41, 5.74) is 7.24. The van der Waals surface area contributed by atoms with Crippen LogP contribution in [0.15, 0.2) is 36.4 Å². The van der Waals surface area contributed by atoms with E-state index in [1.807, 2.05) is 0 Å². The van der Waals surface area contributed by atoms with Crippen molar-refractivity contribution in [2.75, 3.05) is 11.9 Å². The largest absolute Gasteiger partial charge is 0.385 e. The molecule has 0 unspecified atom stereocenters. The zero-order valence-corrected chi connectivity index (χ0v) is 11.5. The summed E-state index contributed by atoms with van der Waals surface area (Å²) in [6.45, 7) is 3.17. The van der Waals surface area contributed by atoms with Crippen molar-refractivity contribution in [3.8, 4) is 11.3 Å². The molecule has 20 heavy (non-hydrogen) atoms. The quantitative estimate of drug-likeness (QED) is 0.699. The van der Waals surface area contributed by atoms with Gasteiger partial charge in [-0.05, 0) is 43.0 Å². The Kier molecular flexibility index (Phi) is 2.52. The normalized spacial score (nSPS) is 14.1. The molecule has 0 radical (unpaired) electrons. The van der Waals surface area contributed by atoms with Gasteiger partial charge in [-0.15, -0.1) is 0 Å². The summed E-state index contributed by atoms with van der Waals surface area (Å²) in [7, 11) is 0.